The zero-order chi connectivity index (χ0) is 28.7. The van der Waals surface area contributed by atoms with Crippen LogP contribution in [0.4, 0.5) is 0 Å². The molecule has 0 spiro atoms. The second kappa shape index (κ2) is 104. The molecule has 0 atom stereocenters. The minimum Gasteiger partial charge on any atom is -0.0683 e. The van der Waals surface area contributed by atoms with Crippen LogP contribution < -0.4 is 0 Å². The Morgan fingerprint density at radius 1 is 0.176 bits per heavy atom. The Morgan fingerprint density at radius 3 is 0.382 bits per heavy atom. The zero-order valence-electron chi connectivity index (χ0n) is 28.7. The van der Waals surface area contributed by atoms with Gasteiger partial charge in [0.1, 0.15) is 0 Å². The van der Waals surface area contributed by atoms with Crippen LogP contribution in [0.1, 0.15) is 226 Å². The molecule has 0 nitrogen and oxygen atoms in total. The molecular weight excluding hydrogens is 408 g/mol. The van der Waals surface area contributed by atoms with Gasteiger partial charge in [0.25, 0.3) is 0 Å². The normalized spacial score (nSPS) is 7.76. The average molecular weight is 493 g/mol. The highest BCUT2D eigenvalue weighted by Gasteiger charge is 1.88. The van der Waals surface area contributed by atoms with Gasteiger partial charge in [-0.2, -0.15) is 0 Å². The third-order valence-corrected chi connectivity index (χ3v) is 4.41. The quantitative estimate of drug-likeness (QED) is 0.199. The molecule has 0 saturated heterocycles. The maximum Gasteiger partial charge on any atom is -0.0533 e. The maximum absolute atomic E-state index is 2.27. The van der Waals surface area contributed by atoms with Crippen LogP contribution in [0.25, 0.3) is 0 Å². The summed E-state index contributed by atoms with van der Waals surface area (Å²) in [5, 5.41) is 0. The highest BCUT2D eigenvalue weighted by molar-refractivity contribution is 4.44. The first-order chi connectivity index (χ1) is 16.7. The van der Waals surface area contributed by atoms with Crippen LogP contribution in [-0.4, -0.2) is 0 Å². The molecule has 0 saturated carbocycles. The summed E-state index contributed by atoms with van der Waals surface area (Å²) in [6, 6.07) is 0. The van der Waals surface area contributed by atoms with Crippen molar-refractivity contribution in [2.24, 2.45) is 0 Å². The lowest BCUT2D eigenvalue weighted by Gasteiger charge is -1.97. The second-order valence-corrected chi connectivity index (χ2v) is 7.24. The van der Waals surface area contributed by atoms with Gasteiger partial charge in [0.15, 0.2) is 0 Å². The summed E-state index contributed by atoms with van der Waals surface area (Å²) < 4.78 is 0. The molecule has 0 heterocycles. The standard InChI is InChI=1S/2C10H22.C4H10.5C2H6/c2*1-3-5-7-9-10-8-6-4-2;1-3-4-2;5*1-2/h2*3-10H2,1-2H3;3-4H2,1-2H3;5*1-2H3. The van der Waals surface area contributed by atoms with Crippen LogP contribution in [0.5, 0.6) is 0 Å². The molecule has 0 rings (SSSR count). The minimum atomic E-state index is 1.32. The molecule has 0 unspecified atom stereocenters. The van der Waals surface area contributed by atoms with Gasteiger partial charge in [-0.25, -0.2) is 0 Å². The van der Waals surface area contributed by atoms with E-state index in [0.29, 0.717) is 0 Å². The van der Waals surface area contributed by atoms with Crippen molar-refractivity contribution in [3.63, 3.8) is 0 Å². The van der Waals surface area contributed by atoms with Crippen LogP contribution in [0.3, 0.4) is 0 Å². The zero-order valence-corrected chi connectivity index (χ0v) is 28.7. The summed E-state index contributed by atoms with van der Waals surface area (Å²) >= 11 is 0. The lowest BCUT2D eigenvalue weighted by molar-refractivity contribution is 0.585. The number of hydrogen-bond acceptors (Lipinski definition) is 0. The first-order valence-corrected chi connectivity index (χ1v) is 16.7. The van der Waals surface area contributed by atoms with Crippen molar-refractivity contribution in [3.05, 3.63) is 0 Å². The van der Waals surface area contributed by atoms with Crippen molar-refractivity contribution in [2.75, 3.05) is 0 Å². The molecule has 0 aliphatic heterocycles. The molecule has 0 heteroatoms. The number of unbranched alkanes of at least 4 members (excludes halogenated alkanes) is 15. The Balaban J connectivity index is -0.0000000436. The van der Waals surface area contributed by atoms with Crippen molar-refractivity contribution in [1.82, 2.24) is 0 Å². The molecule has 0 aliphatic carbocycles. The summed E-state index contributed by atoms with van der Waals surface area (Å²) in [4.78, 5) is 0. The van der Waals surface area contributed by atoms with E-state index in [1.807, 2.05) is 69.2 Å². The average Bonchev–Trinajstić information content (AvgIpc) is 2.94. The van der Waals surface area contributed by atoms with E-state index in [-0.39, 0.29) is 0 Å². The molecular formula is C34H84. The molecule has 220 valence electrons. The van der Waals surface area contributed by atoms with Gasteiger partial charge in [-0.05, 0) is 0 Å². The minimum absolute atomic E-state index is 1.32. The van der Waals surface area contributed by atoms with Gasteiger partial charge >= 0.3 is 0 Å². The van der Waals surface area contributed by atoms with Gasteiger partial charge in [-0.1, -0.05) is 226 Å². The molecule has 0 aromatic carbocycles. The van der Waals surface area contributed by atoms with Crippen LogP contribution in [-0.2, 0) is 0 Å². The van der Waals surface area contributed by atoms with Crippen molar-refractivity contribution in [2.45, 2.75) is 226 Å². The molecule has 0 aromatic rings. The molecule has 0 amide bonds. The van der Waals surface area contributed by atoms with E-state index in [1.54, 1.807) is 0 Å². The summed E-state index contributed by atoms with van der Waals surface area (Å²) in [6.07, 6.45) is 25.6. The Morgan fingerprint density at radius 2 is 0.294 bits per heavy atom. The molecule has 0 N–H and O–H groups in total. The van der Waals surface area contributed by atoms with Crippen molar-refractivity contribution < 1.29 is 0 Å². The summed E-state index contributed by atoms with van der Waals surface area (Å²) in [5.74, 6) is 0. The second-order valence-electron chi connectivity index (χ2n) is 7.24. The number of hydrogen-bond donors (Lipinski definition) is 0. The van der Waals surface area contributed by atoms with Gasteiger partial charge in [-0.3, -0.25) is 0 Å². The van der Waals surface area contributed by atoms with Gasteiger partial charge in [0, 0.05) is 0 Å². The molecule has 0 aromatic heterocycles. The van der Waals surface area contributed by atoms with E-state index in [4.69, 9.17) is 0 Å². The first kappa shape index (κ1) is 54.8. The van der Waals surface area contributed by atoms with E-state index in [2.05, 4.69) is 41.5 Å². The molecule has 34 heavy (non-hydrogen) atoms. The van der Waals surface area contributed by atoms with Crippen LogP contribution in [0, 0.1) is 0 Å². The Hall–Kier alpha value is 0. The molecule has 0 radical (unpaired) electrons. The fourth-order valence-corrected chi connectivity index (χ4v) is 2.41. The topological polar surface area (TPSA) is 0 Å². The van der Waals surface area contributed by atoms with E-state index in [9.17, 15) is 0 Å². The van der Waals surface area contributed by atoms with Crippen molar-refractivity contribution in [1.29, 1.82) is 0 Å². The predicted molar refractivity (Wildman–Crippen MR) is 174 cm³/mol. The number of rotatable bonds is 15. The fraction of sp³-hybridized carbons (Fsp3) is 1.00. The van der Waals surface area contributed by atoms with Gasteiger partial charge in [0.05, 0.1) is 0 Å². The van der Waals surface area contributed by atoms with Crippen LogP contribution >= 0.6 is 0 Å². The summed E-state index contributed by atoms with van der Waals surface area (Å²) in [7, 11) is 0. The first-order valence-electron chi connectivity index (χ1n) is 16.7. The van der Waals surface area contributed by atoms with E-state index >= 15 is 0 Å². The summed E-state index contributed by atoms with van der Waals surface area (Å²) in [6.45, 7) is 33.4. The highest BCUT2D eigenvalue weighted by atomic mass is 13.9. The van der Waals surface area contributed by atoms with Gasteiger partial charge in [-0.15, -0.1) is 0 Å². The maximum atomic E-state index is 2.27. The summed E-state index contributed by atoms with van der Waals surface area (Å²) in [5.41, 5.74) is 0. The van der Waals surface area contributed by atoms with Crippen molar-refractivity contribution in [3.8, 4) is 0 Å². The van der Waals surface area contributed by atoms with Gasteiger partial charge < -0.3 is 0 Å². The Bertz CT molecular complexity index is 116. The smallest absolute Gasteiger partial charge is 0.0533 e. The third-order valence-electron chi connectivity index (χ3n) is 4.41. The van der Waals surface area contributed by atoms with Crippen LogP contribution in [0.15, 0.2) is 0 Å². The fourth-order valence-electron chi connectivity index (χ4n) is 2.41. The van der Waals surface area contributed by atoms with Crippen molar-refractivity contribution >= 4 is 0 Å². The van der Waals surface area contributed by atoms with E-state index in [0.717, 1.165) is 0 Å². The van der Waals surface area contributed by atoms with E-state index < -0.39 is 0 Å². The van der Waals surface area contributed by atoms with E-state index in [1.165, 1.54) is 116 Å². The third kappa shape index (κ3) is 137. The SMILES string of the molecule is CC.CC.CC.CC.CC.CCCC.CCCCCCCCCC.CCCCCCCCCC. The largest absolute Gasteiger partial charge is 0.0683 e. The highest BCUT2D eigenvalue weighted by Crippen LogP contribution is 2.08. The molecule has 0 fully saturated rings. The Labute approximate surface area is 226 Å². The predicted octanol–water partition coefficient (Wildman–Crippen LogP) is 15.2. The van der Waals surface area contributed by atoms with Crippen LogP contribution in [0.2, 0.25) is 0 Å². The lowest BCUT2D eigenvalue weighted by Crippen LogP contribution is -1.77. The van der Waals surface area contributed by atoms with Gasteiger partial charge in [0.2, 0.25) is 0 Å². The molecule has 0 aliphatic rings. The molecule has 0 bridgehead atoms. The monoisotopic (exact) mass is 493 g/mol. The lowest BCUT2D eigenvalue weighted by atomic mass is 10.1. The Kier molecular flexibility index (Phi) is 168.